The second-order valence-electron chi connectivity index (χ2n) is 8.43. The van der Waals surface area contributed by atoms with Gasteiger partial charge in [-0.1, -0.05) is 41.9 Å². The van der Waals surface area contributed by atoms with Gasteiger partial charge in [-0.05, 0) is 66.9 Å². The summed E-state index contributed by atoms with van der Waals surface area (Å²) in [7, 11) is 0. The highest BCUT2D eigenvalue weighted by Gasteiger charge is 2.35. The zero-order valence-corrected chi connectivity index (χ0v) is 18.4. The van der Waals surface area contributed by atoms with Crippen LogP contribution in [0.25, 0.3) is 11.0 Å². The highest BCUT2D eigenvalue weighted by molar-refractivity contribution is 6.30. The molecule has 1 aliphatic rings. The van der Waals surface area contributed by atoms with E-state index in [0.29, 0.717) is 19.5 Å². The van der Waals surface area contributed by atoms with E-state index in [9.17, 15) is 4.79 Å². The van der Waals surface area contributed by atoms with Crippen LogP contribution in [0.1, 0.15) is 34.9 Å². The first-order valence-corrected chi connectivity index (χ1v) is 10.9. The Labute approximate surface area is 187 Å². The van der Waals surface area contributed by atoms with Crippen LogP contribution in [0.3, 0.4) is 0 Å². The van der Waals surface area contributed by atoms with E-state index in [0.717, 1.165) is 33.1 Å². The Morgan fingerprint density at radius 3 is 2.55 bits per heavy atom. The summed E-state index contributed by atoms with van der Waals surface area (Å²) >= 11 is 6.23. The van der Waals surface area contributed by atoms with Crippen LogP contribution in [-0.4, -0.2) is 22.0 Å². The summed E-state index contributed by atoms with van der Waals surface area (Å²) in [6, 6.07) is 22.4. The SMILES string of the molecule is Cc1cc(C)cc(N2C[C@H](c3nc4ccccc4n3Cc3cccc(Cl)c3)CC2=O)c1. The summed E-state index contributed by atoms with van der Waals surface area (Å²) < 4.78 is 2.24. The van der Waals surface area contributed by atoms with E-state index in [1.54, 1.807) is 0 Å². The van der Waals surface area contributed by atoms with Gasteiger partial charge >= 0.3 is 0 Å². The number of fused-ring (bicyclic) bond motifs is 1. The van der Waals surface area contributed by atoms with Gasteiger partial charge in [-0.2, -0.15) is 0 Å². The number of benzene rings is 3. The average molecular weight is 430 g/mol. The topological polar surface area (TPSA) is 38.1 Å². The third kappa shape index (κ3) is 3.84. The molecule has 1 saturated heterocycles. The van der Waals surface area contributed by atoms with Crippen LogP contribution >= 0.6 is 11.6 Å². The fourth-order valence-corrected chi connectivity index (χ4v) is 4.84. The fraction of sp³-hybridized carbons (Fsp3) is 0.231. The standard InChI is InChI=1S/C26H24ClN3O/c1-17-10-18(2)12-22(11-17)29-16-20(14-25(29)31)26-28-23-8-3-4-9-24(23)30(26)15-19-6-5-7-21(27)13-19/h3-13,20H,14-16H2,1-2H3/t20-/m1/s1. The Kier molecular flexibility index (Phi) is 5.03. The van der Waals surface area contributed by atoms with Gasteiger partial charge in [-0.3, -0.25) is 4.79 Å². The minimum atomic E-state index is 0.0416. The van der Waals surface area contributed by atoms with Gasteiger partial charge in [0.05, 0.1) is 11.0 Å². The van der Waals surface area contributed by atoms with E-state index in [1.807, 2.05) is 41.3 Å². The second kappa shape index (κ2) is 7.86. The number of hydrogen-bond acceptors (Lipinski definition) is 2. The molecule has 4 aromatic rings. The van der Waals surface area contributed by atoms with Crippen LogP contribution in [0.4, 0.5) is 5.69 Å². The van der Waals surface area contributed by atoms with Crippen LogP contribution in [0.5, 0.6) is 0 Å². The molecule has 0 unspecified atom stereocenters. The van der Waals surface area contributed by atoms with Gasteiger partial charge in [-0.25, -0.2) is 4.98 Å². The van der Waals surface area contributed by atoms with E-state index in [1.165, 1.54) is 11.1 Å². The van der Waals surface area contributed by atoms with Crippen LogP contribution in [-0.2, 0) is 11.3 Å². The van der Waals surface area contributed by atoms with Gasteiger partial charge in [0, 0.05) is 36.1 Å². The summed E-state index contributed by atoms with van der Waals surface area (Å²) in [5, 5.41) is 0.723. The maximum absolute atomic E-state index is 13.0. The molecule has 0 saturated carbocycles. The lowest BCUT2D eigenvalue weighted by atomic mass is 10.1. The second-order valence-corrected chi connectivity index (χ2v) is 8.86. The van der Waals surface area contributed by atoms with Crippen molar-refractivity contribution in [3.63, 3.8) is 0 Å². The molecule has 0 radical (unpaired) electrons. The molecule has 0 aliphatic carbocycles. The highest BCUT2D eigenvalue weighted by atomic mass is 35.5. The van der Waals surface area contributed by atoms with Gasteiger partial charge in [0.15, 0.2) is 0 Å². The van der Waals surface area contributed by atoms with Crippen molar-refractivity contribution in [3.8, 4) is 0 Å². The highest BCUT2D eigenvalue weighted by Crippen LogP contribution is 2.34. The third-order valence-electron chi connectivity index (χ3n) is 5.92. The predicted octanol–water partition coefficient (Wildman–Crippen LogP) is 5.88. The number of rotatable bonds is 4. The van der Waals surface area contributed by atoms with Crippen molar-refractivity contribution in [1.29, 1.82) is 0 Å². The fourth-order valence-electron chi connectivity index (χ4n) is 4.63. The molecule has 3 aromatic carbocycles. The van der Waals surface area contributed by atoms with Gasteiger partial charge in [0.2, 0.25) is 5.91 Å². The van der Waals surface area contributed by atoms with Gasteiger partial charge < -0.3 is 9.47 Å². The molecule has 0 bridgehead atoms. The smallest absolute Gasteiger partial charge is 0.227 e. The number of aromatic nitrogens is 2. The van der Waals surface area contributed by atoms with Crippen LogP contribution < -0.4 is 4.90 Å². The normalized spacial score (nSPS) is 16.4. The summed E-state index contributed by atoms with van der Waals surface area (Å²) in [4.78, 5) is 19.9. The number of carbonyl (C=O) groups is 1. The van der Waals surface area contributed by atoms with Crippen molar-refractivity contribution < 1.29 is 4.79 Å². The first-order valence-electron chi connectivity index (χ1n) is 10.6. The maximum Gasteiger partial charge on any atom is 0.227 e. The zero-order valence-electron chi connectivity index (χ0n) is 17.7. The zero-order chi connectivity index (χ0) is 21.5. The maximum atomic E-state index is 13.0. The molecule has 5 rings (SSSR count). The Bertz CT molecular complexity index is 1270. The van der Waals surface area contributed by atoms with Gasteiger partial charge in [-0.15, -0.1) is 0 Å². The number of amides is 1. The van der Waals surface area contributed by atoms with E-state index < -0.39 is 0 Å². The molecule has 1 aromatic heterocycles. The van der Waals surface area contributed by atoms with Crippen LogP contribution in [0.15, 0.2) is 66.7 Å². The van der Waals surface area contributed by atoms with E-state index >= 15 is 0 Å². The number of anilines is 1. The first kappa shape index (κ1) is 19.8. The first-order chi connectivity index (χ1) is 15.0. The molecule has 5 heteroatoms. The van der Waals surface area contributed by atoms with Crippen LogP contribution in [0.2, 0.25) is 5.02 Å². The van der Waals surface area contributed by atoms with Crippen molar-refractivity contribution in [2.45, 2.75) is 32.7 Å². The van der Waals surface area contributed by atoms with E-state index in [2.05, 4.69) is 48.7 Å². The number of carbonyl (C=O) groups excluding carboxylic acids is 1. The Morgan fingerprint density at radius 2 is 1.77 bits per heavy atom. The number of imidazole rings is 1. The van der Waals surface area contributed by atoms with Crippen molar-refractivity contribution in [3.05, 3.63) is 94.3 Å². The number of nitrogens with zero attached hydrogens (tertiary/aromatic N) is 3. The van der Waals surface area contributed by atoms with Gasteiger partial charge in [0.1, 0.15) is 5.82 Å². The number of hydrogen-bond donors (Lipinski definition) is 0. The minimum Gasteiger partial charge on any atom is -0.323 e. The predicted molar refractivity (Wildman–Crippen MR) is 126 cm³/mol. The summed E-state index contributed by atoms with van der Waals surface area (Å²) in [5.74, 6) is 1.15. The molecule has 156 valence electrons. The number of aryl methyl sites for hydroxylation is 2. The Hall–Kier alpha value is -3.11. The van der Waals surface area contributed by atoms with Crippen molar-refractivity contribution >= 4 is 34.2 Å². The van der Waals surface area contributed by atoms with E-state index in [4.69, 9.17) is 16.6 Å². The molecule has 1 amide bonds. The van der Waals surface area contributed by atoms with Crippen LogP contribution in [0, 0.1) is 13.8 Å². The average Bonchev–Trinajstić information content (AvgIpc) is 3.28. The Balaban J connectivity index is 1.53. The summed E-state index contributed by atoms with van der Waals surface area (Å²) in [6.45, 7) is 5.45. The Morgan fingerprint density at radius 1 is 1.00 bits per heavy atom. The monoisotopic (exact) mass is 429 g/mol. The summed E-state index contributed by atoms with van der Waals surface area (Å²) in [5.41, 5.74) is 6.46. The largest absolute Gasteiger partial charge is 0.323 e. The molecule has 1 fully saturated rings. The molecule has 1 atom stereocenters. The number of halogens is 1. The molecule has 31 heavy (non-hydrogen) atoms. The van der Waals surface area contributed by atoms with Crippen molar-refractivity contribution in [2.75, 3.05) is 11.4 Å². The lowest BCUT2D eigenvalue weighted by Gasteiger charge is -2.19. The molecule has 0 spiro atoms. The molecule has 4 nitrogen and oxygen atoms in total. The van der Waals surface area contributed by atoms with Crippen molar-refractivity contribution in [1.82, 2.24) is 9.55 Å². The van der Waals surface area contributed by atoms with Crippen molar-refractivity contribution in [2.24, 2.45) is 0 Å². The van der Waals surface area contributed by atoms with E-state index in [-0.39, 0.29) is 11.8 Å². The lowest BCUT2D eigenvalue weighted by Crippen LogP contribution is -2.24. The third-order valence-corrected chi connectivity index (χ3v) is 6.16. The summed E-state index contributed by atoms with van der Waals surface area (Å²) in [6.07, 6.45) is 0.464. The number of para-hydroxylation sites is 2. The molecular weight excluding hydrogens is 406 g/mol. The minimum absolute atomic E-state index is 0.0416. The lowest BCUT2D eigenvalue weighted by molar-refractivity contribution is -0.117. The van der Waals surface area contributed by atoms with Gasteiger partial charge in [0.25, 0.3) is 0 Å². The quantitative estimate of drug-likeness (QED) is 0.406. The molecule has 1 aliphatic heterocycles. The molecule has 0 N–H and O–H groups in total. The molecular formula is C26H24ClN3O. The molecule has 2 heterocycles.